The van der Waals surface area contributed by atoms with E-state index in [1.807, 2.05) is 0 Å². The summed E-state index contributed by atoms with van der Waals surface area (Å²) in [5, 5.41) is 14.0. The molecule has 1 amide bonds. The van der Waals surface area contributed by atoms with Gasteiger partial charge in [0.25, 0.3) is 5.91 Å². The monoisotopic (exact) mass is 462 g/mol. The summed E-state index contributed by atoms with van der Waals surface area (Å²) >= 11 is 5.37. The Labute approximate surface area is 178 Å². The largest absolute Gasteiger partial charge is 0.417 e. The molecule has 7 nitrogen and oxygen atoms in total. The Balaban J connectivity index is 2.24. The lowest BCUT2D eigenvalue weighted by Crippen LogP contribution is -2.44. The number of carbonyl (C=O) groups is 1. The van der Waals surface area contributed by atoms with Gasteiger partial charge in [0, 0.05) is 6.54 Å². The molecule has 0 spiro atoms. The Hall–Kier alpha value is -2.23. The molecule has 12 heteroatoms. The van der Waals surface area contributed by atoms with E-state index in [-0.39, 0.29) is 16.6 Å². The molecule has 1 aliphatic heterocycles. The van der Waals surface area contributed by atoms with Crippen LogP contribution in [0.5, 0.6) is 0 Å². The van der Waals surface area contributed by atoms with Crippen LogP contribution in [0, 0.1) is 11.3 Å². The van der Waals surface area contributed by atoms with Crippen molar-refractivity contribution in [2.24, 2.45) is 5.14 Å². The molecule has 2 rings (SSSR count). The van der Waals surface area contributed by atoms with Gasteiger partial charge < -0.3 is 4.90 Å². The molecule has 0 bridgehead atoms. The molecule has 0 atom stereocenters. The van der Waals surface area contributed by atoms with Gasteiger partial charge in [0.05, 0.1) is 28.6 Å². The number of primary sulfonamides is 1. The topological polar surface area (TPSA) is 108 Å². The number of sulfonamides is 1. The minimum atomic E-state index is -4.76. The minimum absolute atomic E-state index is 0.0503. The van der Waals surface area contributed by atoms with Crippen LogP contribution in [0.1, 0.15) is 44.2 Å². The van der Waals surface area contributed by atoms with Gasteiger partial charge >= 0.3 is 6.18 Å². The predicted molar refractivity (Wildman–Crippen MR) is 109 cm³/mol. The maximum Gasteiger partial charge on any atom is 0.417 e. The number of amides is 1. The molecule has 0 aliphatic carbocycles. The third-order valence-electron chi connectivity index (χ3n) is 4.82. The van der Waals surface area contributed by atoms with Crippen molar-refractivity contribution in [2.75, 3.05) is 17.2 Å². The number of nitriles is 1. The molecule has 1 aromatic carbocycles. The lowest BCUT2D eigenvalue weighted by Gasteiger charge is -2.29. The van der Waals surface area contributed by atoms with E-state index in [1.54, 1.807) is 18.7 Å². The summed E-state index contributed by atoms with van der Waals surface area (Å²) in [4.78, 5) is 15.6. The Morgan fingerprint density at radius 2 is 1.87 bits per heavy atom. The number of nitrogens with zero attached hydrogens (tertiary/aromatic N) is 3. The summed E-state index contributed by atoms with van der Waals surface area (Å²) in [5.74, 6) is -0.646. The van der Waals surface area contributed by atoms with Crippen LogP contribution in [0.3, 0.4) is 0 Å². The van der Waals surface area contributed by atoms with E-state index < -0.39 is 38.8 Å². The summed E-state index contributed by atoms with van der Waals surface area (Å²) in [6.45, 7) is 3.54. The molecule has 1 fully saturated rings. The lowest BCUT2D eigenvalue weighted by molar-refractivity contribution is -0.137. The first kappa shape index (κ1) is 24.0. The summed E-state index contributed by atoms with van der Waals surface area (Å²) in [6.07, 6.45) is -3.37. The maximum absolute atomic E-state index is 13.3. The number of halogens is 3. The van der Waals surface area contributed by atoms with Crippen molar-refractivity contribution < 1.29 is 26.4 Å². The van der Waals surface area contributed by atoms with Crippen molar-refractivity contribution >= 4 is 38.9 Å². The van der Waals surface area contributed by atoms with Crippen LogP contribution >= 0.6 is 12.2 Å². The van der Waals surface area contributed by atoms with Gasteiger partial charge in [0.15, 0.2) is 5.11 Å². The Morgan fingerprint density at radius 1 is 1.23 bits per heavy atom. The summed E-state index contributed by atoms with van der Waals surface area (Å²) in [6, 6.07) is 4.51. The van der Waals surface area contributed by atoms with E-state index in [1.165, 1.54) is 12.1 Å². The number of hydrogen-bond acceptors (Lipinski definition) is 5. The van der Waals surface area contributed by atoms with E-state index in [0.717, 1.165) is 17.0 Å². The van der Waals surface area contributed by atoms with Gasteiger partial charge in [-0.15, -0.1) is 0 Å². The zero-order valence-electron chi connectivity index (χ0n) is 16.4. The summed E-state index contributed by atoms with van der Waals surface area (Å²) in [5.41, 5.74) is -2.85. The van der Waals surface area contributed by atoms with Gasteiger partial charge in [-0.05, 0) is 57.1 Å². The molecule has 1 saturated heterocycles. The molecular formula is C18H21F3N4O3S2. The zero-order valence-corrected chi connectivity index (χ0v) is 18.0. The molecule has 0 radical (unpaired) electrons. The fourth-order valence-electron chi connectivity index (χ4n) is 3.19. The predicted octanol–water partition coefficient (Wildman–Crippen LogP) is 2.75. The van der Waals surface area contributed by atoms with Crippen molar-refractivity contribution in [3.8, 4) is 6.07 Å². The highest BCUT2D eigenvalue weighted by atomic mass is 32.2. The van der Waals surface area contributed by atoms with Crippen LogP contribution in [0.2, 0.25) is 0 Å². The van der Waals surface area contributed by atoms with Crippen LogP contribution in [-0.2, 0) is 21.0 Å². The van der Waals surface area contributed by atoms with Gasteiger partial charge in [0.2, 0.25) is 10.0 Å². The van der Waals surface area contributed by atoms with E-state index >= 15 is 0 Å². The molecule has 1 aliphatic rings. The maximum atomic E-state index is 13.3. The average Bonchev–Trinajstić information content (AvgIpc) is 2.78. The third kappa shape index (κ3) is 5.08. The Kier molecular flexibility index (Phi) is 6.80. The fourth-order valence-corrected chi connectivity index (χ4v) is 4.31. The molecular weight excluding hydrogens is 441 g/mol. The zero-order chi connectivity index (χ0) is 22.9. The molecule has 2 N–H and O–H groups in total. The summed E-state index contributed by atoms with van der Waals surface area (Å²) < 4.78 is 61.9. The van der Waals surface area contributed by atoms with Crippen LogP contribution in [-0.4, -0.2) is 42.2 Å². The first-order chi connectivity index (χ1) is 13.7. The second-order valence-corrected chi connectivity index (χ2v) is 9.50. The van der Waals surface area contributed by atoms with Crippen molar-refractivity contribution in [1.29, 1.82) is 5.26 Å². The average molecular weight is 463 g/mol. The van der Waals surface area contributed by atoms with Crippen LogP contribution in [0.4, 0.5) is 18.9 Å². The van der Waals surface area contributed by atoms with Gasteiger partial charge in [0.1, 0.15) is 5.54 Å². The van der Waals surface area contributed by atoms with Crippen LogP contribution in [0.15, 0.2) is 18.2 Å². The fraction of sp³-hybridized carbons (Fsp3) is 0.500. The quantitative estimate of drug-likeness (QED) is 0.493. The number of benzene rings is 1. The molecule has 164 valence electrons. The highest BCUT2D eigenvalue weighted by molar-refractivity contribution is 7.89. The summed E-state index contributed by atoms with van der Waals surface area (Å²) in [7, 11) is -3.55. The third-order valence-corrected chi connectivity index (χ3v) is 6.08. The highest BCUT2D eigenvalue weighted by Crippen LogP contribution is 2.37. The number of hydrogen-bond donors (Lipinski definition) is 1. The second kappa shape index (κ2) is 8.49. The van der Waals surface area contributed by atoms with Crippen LogP contribution in [0.25, 0.3) is 0 Å². The first-order valence-corrected chi connectivity index (χ1v) is 11.1. The van der Waals surface area contributed by atoms with Crippen LogP contribution < -0.4 is 10.0 Å². The standard InChI is InChI=1S/C18H21F3N4O3S2/c1-17(2)15(26)25(13-7-6-12(11-22)14(10-13)18(19,20)21)16(29)24(17)8-4-3-5-9-30(23,27)28/h6-7,10H,3-5,8-9H2,1-2H3,(H2,23,27,28). The van der Waals surface area contributed by atoms with E-state index in [9.17, 15) is 26.4 Å². The molecule has 1 aromatic rings. The molecule has 30 heavy (non-hydrogen) atoms. The number of alkyl halides is 3. The van der Waals surface area contributed by atoms with E-state index in [4.69, 9.17) is 22.6 Å². The highest BCUT2D eigenvalue weighted by Gasteiger charge is 2.49. The minimum Gasteiger partial charge on any atom is -0.334 e. The van der Waals surface area contributed by atoms with E-state index in [0.29, 0.717) is 25.8 Å². The first-order valence-electron chi connectivity index (χ1n) is 8.98. The molecule has 0 saturated carbocycles. The number of nitrogens with two attached hydrogens (primary N) is 1. The van der Waals surface area contributed by atoms with Crippen molar-refractivity contribution in [1.82, 2.24) is 4.90 Å². The second-order valence-electron chi connectivity index (χ2n) is 7.40. The normalized spacial score (nSPS) is 16.8. The molecule has 1 heterocycles. The molecule has 0 aromatic heterocycles. The van der Waals surface area contributed by atoms with Gasteiger partial charge in [-0.1, -0.05) is 6.42 Å². The Morgan fingerprint density at radius 3 is 2.40 bits per heavy atom. The number of unbranched alkanes of at least 4 members (excludes halogenated alkanes) is 2. The van der Waals surface area contributed by atoms with Gasteiger partial charge in [-0.3, -0.25) is 9.69 Å². The Bertz CT molecular complexity index is 1000. The van der Waals surface area contributed by atoms with Crippen molar-refractivity contribution in [3.63, 3.8) is 0 Å². The molecule has 0 unspecified atom stereocenters. The van der Waals surface area contributed by atoms with Gasteiger partial charge in [-0.25, -0.2) is 13.6 Å². The smallest absolute Gasteiger partial charge is 0.334 e. The van der Waals surface area contributed by atoms with E-state index in [2.05, 4.69) is 0 Å². The SMILES string of the molecule is CC1(C)C(=O)N(c2ccc(C#N)c(C(F)(F)F)c2)C(=S)N1CCCCCS(N)(=O)=O. The van der Waals surface area contributed by atoms with Gasteiger partial charge in [-0.2, -0.15) is 18.4 Å². The number of thiocarbonyl (C=S) groups is 1. The number of anilines is 1. The number of carbonyl (C=O) groups excluding carboxylic acids is 1. The van der Waals surface area contributed by atoms with Crippen molar-refractivity contribution in [2.45, 2.75) is 44.8 Å². The number of rotatable bonds is 7. The lowest BCUT2D eigenvalue weighted by atomic mass is 10.0. The van der Waals surface area contributed by atoms with Crippen molar-refractivity contribution in [3.05, 3.63) is 29.3 Å².